The molecule has 1 amide bonds. The average molecular weight is 454 g/mol. The number of rotatable bonds is 6. The fourth-order valence-corrected chi connectivity index (χ4v) is 3.90. The van der Waals surface area contributed by atoms with Crippen molar-refractivity contribution < 1.29 is 4.79 Å². The zero-order chi connectivity index (χ0) is 19.5. The van der Waals surface area contributed by atoms with E-state index in [1.807, 2.05) is 36.9 Å². The minimum absolute atomic E-state index is 0. The highest BCUT2D eigenvalue weighted by Gasteiger charge is 2.22. The summed E-state index contributed by atoms with van der Waals surface area (Å²) < 4.78 is 4.03. The van der Waals surface area contributed by atoms with E-state index in [9.17, 15) is 4.79 Å². The number of hydrogen-bond acceptors (Lipinski definition) is 5. The number of halogens is 2. The Morgan fingerprint density at radius 3 is 2.70 bits per heavy atom. The molecule has 10 heteroatoms. The average Bonchev–Trinajstić information content (AvgIpc) is 3.26. The number of para-hydroxylation sites is 2. The van der Waals surface area contributed by atoms with Gasteiger partial charge in [-0.2, -0.15) is 0 Å². The molecule has 1 aliphatic heterocycles. The molecule has 8 nitrogen and oxygen atoms in total. The molecule has 0 radical (unpaired) electrons. The first kappa shape index (κ1) is 24.1. The van der Waals surface area contributed by atoms with Gasteiger partial charge >= 0.3 is 0 Å². The van der Waals surface area contributed by atoms with E-state index in [0.29, 0.717) is 18.3 Å². The summed E-state index contributed by atoms with van der Waals surface area (Å²) in [5, 5.41) is 14.7. The van der Waals surface area contributed by atoms with Crippen molar-refractivity contribution in [2.75, 3.05) is 19.6 Å². The number of carbonyl (C=O) groups is 1. The molecule has 1 saturated heterocycles. The van der Waals surface area contributed by atoms with Crippen LogP contribution in [0.4, 0.5) is 0 Å². The first-order valence-corrected chi connectivity index (χ1v) is 9.96. The second kappa shape index (κ2) is 10.7. The van der Waals surface area contributed by atoms with Crippen LogP contribution in [0.1, 0.15) is 47.3 Å². The number of aromatic nitrogens is 5. The Hall–Kier alpha value is -2.16. The van der Waals surface area contributed by atoms with Crippen LogP contribution in [-0.4, -0.2) is 50.1 Å². The van der Waals surface area contributed by atoms with Crippen LogP contribution in [0.25, 0.3) is 11.0 Å². The van der Waals surface area contributed by atoms with Crippen molar-refractivity contribution in [2.45, 2.75) is 38.6 Å². The Morgan fingerprint density at radius 2 is 1.97 bits per heavy atom. The maximum Gasteiger partial charge on any atom is 0.273 e. The third-order valence-corrected chi connectivity index (χ3v) is 5.54. The Kier molecular flexibility index (Phi) is 8.64. The smallest absolute Gasteiger partial charge is 0.273 e. The number of benzene rings is 1. The highest BCUT2D eigenvalue weighted by molar-refractivity contribution is 5.93. The highest BCUT2D eigenvalue weighted by atomic mass is 35.5. The molecule has 4 rings (SSSR count). The summed E-state index contributed by atoms with van der Waals surface area (Å²) in [6.45, 7) is 4.47. The van der Waals surface area contributed by atoms with Gasteiger partial charge in [0.05, 0.1) is 22.8 Å². The lowest BCUT2D eigenvalue weighted by molar-refractivity contribution is 0.0947. The van der Waals surface area contributed by atoms with E-state index in [2.05, 4.69) is 36.6 Å². The van der Waals surface area contributed by atoms with E-state index in [1.165, 1.54) is 0 Å². The van der Waals surface area contributed by atoms with Gasteiger partial charge in [-0.1, -0.05) is 17.3 Å². The van der Waals surface area contributed by atoms with Crippen LogP contribution in [0.2, 0.25) is 0 Å². The minimum atomic E-state index is -0.150. The van der Waals surface area contributed by atoms with E-state index in [0.717, 1.165) is 61.3 Å². The lowest BCUT2D eigenvalue weighted by atomic mass is 10.1. The third kappa shape index (κ3) is 4.94. The van der Waals surface area contributed by atoms with Gasteiger partial charge in [0.15, 0.2) is 5.69 Å². The predicted octanol–water partition coefficient (Wildman–Crippen LogP) is 2.60. The Labute approximate surface area is 188 Å². The summed E-state index contributed by atoms with van der Waals surface area (Å²) in [6, 6.07) is 8.44. The molecule has 0 saturated carbocycles. The molecule has 0 atom stereocenters. The van der Waals surface area contributed by atoms with Crippen molar-refractivity contribution in [3.63, 3.8) is 0 Å². The molecule has 3 aromatic rings. The summed E-state index contributed by atoms with van der Waals surface area (Å²) in [5.74, 6) is 0.881. The van der Waals surface area contributed by atoms with Gasteiger partial charge in [-0.15, -0.1) is 29.9 Å². The molecule has 0 unspecified atom stereocenters. The maximum atomic E-state index is 12.5. The topological polar surface area (TPSA) is 89.7 Å². The van der Waals surface area contributed by atoms with Crippen LogP contribution in [0.15, 0.2) is 24.3 Å². The predicted molar refractivity (Wildman–Crippen MR) is 122 cm³/mol. The number of nitrogens with zero attached hydrogens (tertiary/aromatic N) is 5. The molecular weight excluding hydrogens is 425 g/mol. The molecule has 2 N–H and O–H groups in total. The molecule has 0 aliphatic carbocycles. The van der Waals surface area contributed by atoms with E-state index in [1.54, 1.807) is 0 Å². The van der Waals surface area contributed by atoms with Crippen LogP contribution in [-0.2, 0) is 13.5 Å². The highest BCUT2D eigenvalue weighted by Crippen LogP contribution is 2.20. The molecule has 3 heterocycles. The summed E-state index contributed by atoms with van der Waals surface area (Å²) >= 11 is 0. The SMILES string of the molecule is Cc1c(C(=O)NCCCc2nc3ccccc3n2C)nnn1C1CCNCC1.Cl.Cl. The van der Waals surface area contributed by atoms with Crippen molar-refractivity contribution in [1.82, 2.24) is 35.2 Å². The van der Waals surface area contributed by atoms with E-state index in [-0.39, 0.29) is 30.7 Å². The second-order valence-electron chi connectivity index (χ2n) is 7.38. The molecule has 0 spiro atoms. The Morgan fingerprint density at radius 1 is 1.23 bits per heavy atom. The number of hydrogen-bond donors (Lipinski definition) is 2. The quantitative estimate of drug-likeness (QED) is 0.559. The number of nitrogens with one attached hydrogen (secondary N) is 2. The van der Waals surface area contributed by atoms with Gasteiger partial charge in [0, 0.05) is 20.0 Å². The lowest BCUT2D eigenvalue weighted by Gasteiger charge is -2.23. The molecule has 1 fully saturated rings. The van der Waals surface area contributed by atoms with E-state index < -0.39 is 0 Å². The maximum absolute atomic E-state index is 12.5. The summed E-state index contributed by atoms with van der Waals surface area (Å²) in [7, 11) is 2.03. The van der Waals surface area contributed by atoms with Gasteiger partial charge in [0.25, 0.3) is 5.91 Å². The van der Waals surface area contributed by atoms with Crippen molar-refractivity contribution in [2.24, 2.45) is 7.05 Å². The van der Waals surface area contributed by atoms with Crippen molar-refractivity contribution in [3.05, 3.63) is 41.5 Å². The van der Waals surface area contributed by atoms with E-state index in [4.69, 9.17) is 0 Å². The first-order valence-electron chi connectivity index (χ1n) is 9.96. The van der Waals surface area contributed by atoms with Gasteiger partial charge in [-0.25, -0.2) is 9.67 Å². The summed E-state index contributed by atoms with van der Waals surface area (Å²) in [5.41, 5.74) is 3.42. The standard InChI is InChI=1S/C20H27N7O.2ClH/c1-14-19(24-25-27(14)15-9-12-21-13-10-15)20(28)22-11-5-8-18-23-16-6-3-4-7-17(16)26(18)2;;/h3-4,6-7,15,21H,5,8-13H2,1-2H3,(H,22,28);2*1H. The Bertz CT molecular complexity index is 979. The zero-order valence-corrected chi connectivity index (χ0v) is 18.9. The number of carbonyl (C=O) groups excluding carboxylic acids is 1. The molecule has 164 valence electrons. The fourth-order valence-electron chi connectivity index (χ4n) is 3.90. The molecule has 30 heavy (non-hydrogen) atoms. The molecule has 1 aliphatic rings. The summed E-state index contributed by atoms with van der Waals surface area (Å²) in [6.07, 6.45) is 3.67. The fraction of sp³-hybridized carbons (Fsp3) is 0.500. The number of aryl methyl sites for hydroxylation is 2. The van der Waals surface area contributed by atoms with Crippen molar-refractivity contribution in [3.8, 4) is 0 Å². The second-order valence-corrected chi connectivity index (χ2v) is 7.38. The van der Waals surface area contributed by atoms with Gasteiger partial charge in [0.1, 0.15) is 5.82 Å². The number of imidazole rings is 1. The van der Waals surface area contributed by atoms with Crippen LogP contribution in [0.3, 0.4) is 0 Å². The van der Waals surface area contributed by atoms with Crippen LogP contribution >= 0.6 is 24.8 Å². The normalized spacial score (nSPS) is 14.2. The third-order valence-electron chi connectivity index (χ3n) is 5.54. The molecular formula is C20H29Cl2N7O. The van der Waals surface area contributed by atoms with Gasteiger partial charge in [-0.3, -0.25) is 4.79 Å². The Balaban J connectivity index is 0.00000160. The number of fused-ring (bicyclic) bond motifs is 1. The zero-order valence-electron chi connectivity index (χ0n) is 17.3. The largest absolute Gasteiger partial charge is 0.351 e. The van der Waals surface area contributed by atoms with Gasteiger partial charge < -0.3 is 15.2 Å². The van der Waals surface area contributed by atoms with Crippen LogP contribution < -0.4 is 10.6 Å². The molecule has 2 aromatic heterocycles. The first-order chi connectivity index (χ1) is 13.6. The van der Waals surface area contributed by atoms with E-state index >= 15 is 0 Å². The van der Waals surface area contributed by atoms with Crippen molar-refractivity contribution in [1.29, 1.82) is 0 Å². The lowest BCUT2D eigenvalue weighted by Crippen LogP contribution is -2.30. The van der Waals surface area contributed by atoms with Gasteiger partial charge in [-0.05, 0) is 51.4 Å². The molecule has 1 aromatic carbocycles. The van der Waals surface area contributed by atoms with Crippen LogP contribution in [0, 0.1) is 6.92 Å². The minimum Gasteiger partial charge on any atom is -0.351 e. The van der Waals surface area contributed by atoms with Gasteiger partial charge in [0.2, 0.25) is 0 Å². The monoisotopic (exact) mass is 453 g/mol. The summed E-state index contributed by atoms with van der Waals surface area (Å²) in [4.78, 5) is 17.2. The van der Waals surface area contributed by atoms with Crippen LogP contribution in [0.5, 0.6) is 0 Å². The number of amides is 1. The number of piperidine rings is 1. The van der Waals surface area contributed by atoms with Crippen molar-refractivity contribution >= 4 is 41.8 Å². The molecule has 0 bridgehead atoms.